The minimum absolute atomic E-state index is 0.0166. The molecule has 0 aromatic heterocycles. The molecule has 0 bridgehead atoms. The number of oxime groups is 1. The Balaban J connectivity index is 2.98. The van der Waals surface area contributed by atoms with Crippen LogP contribution in [-0.4, -0.2) is 24.8 Å². The summed E-state index contributed by atoms with van der Waals surface area (Å²) in [6.45, 7) is 2.27. The Hall–Kier alpha value is -2.11. The minimum atomic E-state index is -0.441. The van der Waals surface area contributed by atoms with Gasteiger partial charge in [0.25, 0.3) is 5.69 Å². The third-order valence-electron chi connectivity index (χ3n) is 1.89. The van der Waals surface area contributed by atoms with E-state index in [0.717, 1.165) is 0 Å². The summed E-state index contributed by atoms with van der Waals surface area (Å²) in [5.74, 6) is 0. The molecule has 0 aliphatic carbocycles. The van der Waals surface area contributed by atoms with Crippen LogP contribution < -0.4 is 5.32 Å². The Morgan fingerprint density at radius 2 is 2.38 bits per heavy atom. The highest BCUT2D eigenvalue weighted by atomic mass is 16.6. The molecular formula is C10H13N3O3. The molecule has 6 heteroatoms. The zero-order chi connectivity index (χ0) is 12.0. The number of nitro groups is 1. The summed E-state index contributed by atoms with van der Waals surface area (Å²) in [5.41, 5.74) is 1.11. The summed E-state index contributed by atoms with van der Waals surface area (Å²) >= 11 is 0. The largest absolute Gasteiger partial charge is 0.396 e. The van der Waals surface area contributed by atoms with Gasteiger partial charge in [-0.1, -0.05) is 11.2 Å². The van der Waals surface area contributed by atoms with Crippen LogP contribution in [0.2, 0.25) is 0 Å². The Bertz CT molecular complexity index is 404. The van der Waals surface area contributed by atoms with E-state index in [4.69, 9.17) is 4.84 Å². The smallest absolute Gasteiger partial charge is 0.292 e. The van der Waals surface area contributed by atoms with Crippen LogP contribution in [0.4, 0.5) is 11.4 Å². The van der Waals surface area contributed by atoms with Crippen molar-refractivity contribution in [1.29, 1.82) is 0 Å². The number of benzene rings is 1. The van der Waals surface area contributed by atoms with Crippen molar-refractivity contribution in [2.75, 3.05) is 19.0 Å². The van der Waals surface area contributed by atoms with E-state index in [-0.39, 0.29) is 5.69 Å². The number of rotatable bonds is 5. The van der Waals surface area contributed by atoms with Gasteiger partial charge in [-0.05, 0) is 13.0 Å². The lowest BCUT2D eigenvalue weighted by Gasteiger charge is -2.02. The van der Waals surface area contributed by atoms with Gasteiger partial charge in [-0.25, -0.2) is 0 Å². The molecule has 6 nitrogen and oxygen atoms in total. The van der Waals surface area contributed by atoms with E-state index < -0.39 is 4.92 Å². The van der Waals surface area contributed by atoms with Crippen molar-refractivity contribution >= 4 is 17.6 Å². The first kappa shape index (κ1) is 12.0. The van der Waals surface area contributed by atoms with Crippen molar-refractivity contribution in [2.45, 2.75) is 6.92 Å². The molecule has 1 aromatic carbocycles. The molecule has 1 N–H and O–H groups in total. The summed E-state index contributed by atoms with van der Waals surface area (Å²) in [6.07, 6.45) is 1.44. The van der Waals surface area contributed by atoms with E-state index in [1.165, 1.54) is 12.3 Å². The van der Waals surface area contributed by atoms with E-state index >= 15 is 0 Å². The molecule has 0 atom stereocenters. The fourth-order valence-corrected chi connectivity index (χ4v) is 1.16. The Kier molecular flexibility index (Phi) is 4.26. The zero-order valence-electron chi connectivity index (χ0n) is 9.14. The number of anilines is 1. The molecule has 0 amide bonds. The van der Waals surface area contributed by atoms with Crippen LogP contribution in [0.5, 0.6) is 0 Å². The van der Waals surface area contributed by atoms with E-state index in [2.05, 4.69) is 10.5 Å². The maximum absolute atomic E-state index is 10.8. The molecule has 0 spiro atoms. The van der Waals surface area contributed by atoms with Crippen molar-refractivity contribution < 1.29 is 9.76 Å². The van der Waals surface area contributed by atoms with Gasteiger partial charge >= 0.3 is 0 Å². The molecule has 0 radical (unpaired) electrons. The lowest BCUT2D eigenvalue weighted by atomic mass is 10.2. The third kappa shape index (κ3) is 2.94. The van der Waals surface area contributed by atoms with Crippen LogP contribution in [0.25, 0.3) is 0 Å². The second-order valence-corrected chi connectivity index (χ2v) is 2.94. The van der Waals surface area contributed by atoms with Gasteiger partial charge in [0.2, 0.25) is 0 Å². The molecule has 0 heterocycles. The maximum Gasteiger partial charge on any atom is 0.292 e. The number of hydrogen-bond acceptors (Lipinski definition) is 5. The molecule has 0 aliphatic heterocycles. The van der Waals surface area contributed by atoms with Gasteiger partial charge in [0, 0.05) is 18.7 Å². The molecule has 16 heavy (non-hydrogen) atoms. The van der Waals surface area contributed by atoms with Gasteiger partial charge in [0.1, 0.15) is 12.3 Å². The van der Waals surface area contributed by atoms with Crippen LogP contribution in [0, 0.1) is 10.1 Å². The fourth-order valence-electron chi connectivity index (χ4n) is 1.16. The summed E-state index contributed by atoms with van der Waals surface area (Å²) in [6, 6.07) is 4.79. The Morgan fingerprint density at radius 1 is 1.62 bits per heavy atom. The number of nitrogens with one attached hydrogen (secondary N) is 1. The SMILES string of the molecule is CCO/N=C/c1ccc(NC)c([N+](=O)[O-])c1. The summed E-state index contributed by atoms with van der Waals surface area (Å²) < 4.78 is 0. The van der Waals surface area contributed by atoms with Crippen molar-refractivity contribution in [1.82, 2.24) is 0 Å². The number of nitrogens with zero attached hydrogens (tertiary/aromatic N) is 2. The van der Waals surface area contributed by atoms with E-state index in [1.54, 1.807) is 19.2 Å². The maximum atomic E-state index is 10.8. The summed E-state index contributed by atoms with van der Waals surface area (Å²) in [5, 5.41) is 17.2. The first-order chi connectivity index (χ1) is 7.69. The molecular weight excluding hydrogens is 210 g/mol. The van der Waals surface area contributed by atoms with Crippen LogP contribution in [0.1, 0.15) is 12.5 Å². The molecule has 0 saturated heterocycles. The molecule has 0 fully saturated rings. The highest BCUT2D eigenvalue weighted by molar-refractivity contribution is 5.82. The summed E-state index contributed by atoms with van der Waals surface area (Å²) in [4.78, 5) is 15.1. The lowest BCUT2D eigenvalue weighted by Crippen LogP contribution is -1.97. The molecule has 1 aromatic rings. The third-order valence-corrected chi connectivity index (χ3v) is 1.89. The zero-order valence-corrected chi connectivity index (χ0v) is 9.14. The van der Waals surface area contributed by atoms with Gasteiger partial charge in [-0.3, -0.25) is 10.1 Å². The van der Waals surface area contributed by atoms with Gasteiger partial charge in [0.15, 0.2) is 0 Å². The average molecular weight is 223 g/mol. The van der Waals surface area contributed by atoms with Gasteiger partial charge in [-0.2, -0.15) is 0 Å². The second kappa shape index (κ2) is 5.69. The van der Waals surface area contributed by atoms with Gasteiger partial charge in [0.05, 0.1) is 11.1 Å². The second-order valence-electron chi connectivity index (χ2n) is 2.94. The lowest BCUT2D eigenvalue weighted by molar-refractivity contribution is -0.383. The van der Waals surface area contributed by atoms with Crippen LogP contribution in [0.15, 0.2) is 23.4 Å². The molecule has 0 saturated carbocycles. The van der Waals surface area contributed by atoms with Crippen molar-refractivity contribution in [3.8, 4) is 0 Å². The Labute approximate surface area is 93.1 Å². The Morgan fingerprint density at radius 3 is 2.94 bits per heavy atom. The predicted molar refractivity (Wildman–Crippen MR) is 61.9 cm³/mol. The molecule has 0 unspecified atom stereocenters. The van der Waals surface area contributed by atoms with Crippen molar-refractivity contribution in [2.24, 2.45) is 5.16 Å². The van der Waals surface area contributed by atoms with Crippen LogP contribution in [0.3, 0.4) is 0 Å². The normalized spacial score (nSPS) is 10.4. The minimum Gasteiger partial charge on any atom is -0.396 e. The fraction of sp³-hybridized carbons (Fsp3) is 0.300. The topological polar surface area (TPSA) is 76.8 Å². The van der Waals surface area contributed by atoms with E-state index in [0.29, 0.717) is 17.9 Å². The standard InChI is InChI=1S/C10H13N3O3/c1-3-16-12-7-8-4-5-9(11-2)10(6-8)13(14)15/h4-7,11H,3H2,1-2H3/b12-7+. The highest BCUT2D eigenvalue weighted by Gasteiger charge is 2.12. The van der Waals surface area contributed by atoms with Crippen LogP contribution >= 0.6 is 0 Å². The van der Waals surface area contributed by atoms with E-state index in [1.807, 2.05) is 6.92 Å². The van der Waals surface area contributed by atoms with Gasteiger partial charge < -0.3 is 10.2 Å². The highest BCUT2D eigenvalue weighted by Crippen LogP contribution is 2.24. The van der Waals surface area contributed by atoms with Crippen molar-refractivity contribution in [3.63, 3.8) is 0 Å². The van der Waals surface area contributed by atoms with Crippen LogP contribution in [-0.2, 0) is 4.84 Å². The average Bonchev–Trinajstić information content (AvgIpc) is 2.29. The quantitative estimate of drug-likeness (QED) is 0.470. The first-order valence-electron chi connectivity index (χ1n) is 4.80. The molecule has 0 aliphatic rings. The molecule has 1 rings (SSSR count). The molecule has 86 valence electrons. The van der Waals surface area contributed by atoms with Gasteiger partial charge in [-0.15, -0.1) is 0 Å². The number of hydrogen-bond donors (Lipinski definition) is 1. The van der Waals surface area contributed by atoms with Crippen molar-refractivity contribution in [3.05, 3.63) is 33.9 Å². The monoisotopic (exact) mass is 223 g/mol. The van der Waals surface area contributed by atoms with E-state index in [9.17, 15) is 10.1 Å². The number of nitro benzene ring substituents is 1. The predicted octanol–water partition coefficient (Wildman–Crippen LogP) is 2.01. The summed E-state index contributed by atoms with van der Waals surface area (Å²) in [7, 11) is 1.64. The first-order valence-corrected chi connectivity index (χ1v) is 4.80.